The lowest BCUT2D eigenvalue weighted by Crippen LogP contribution is -2.28. The Morgan fingerprint density at radius 3 is 2.63 bits per heavy atom. The molecule has 1 unspecified atom stereocenters. The molecule has 1 aliphatic heterocycles. The van der Waals surface area contributed by atoms with Gasteiger partial charge in [0.15, 0.2) is 0 Å². The first-order chi connectivity index (χ1) is 13.1. The molecule has 3 aromatic carbocycles. The number of benzene rings is 3. The molecule has 0 radical (unpaired) electrons. The van der Waals surface area contributed by atoms with E-state index in [1.54, 1.807) is 31.2 Å². The van der Waals surface area contributed by atoms with E-state index < -0.39 is 17.7 Å². The molecule has 0 spiro atoms. The molecular weight excluding hydrogens is 345 g/mol. The van der Waals surface area contributed by atoms with Crippen LogP contribution in [0.3, 0.4) is 0 Å². The zero-order chi connectivity index (χ0) is 19.0. The van der Waals surface area contributed by atoms with Crippen molar-refractivity contribution in [2.75, 3.05) is 6.61 Å². The highest BCUT2D eigenvalue weighted by molar-refractivity contribution is 5.97. The second-order valence-corrected chi connectivity index (χ2v) is 6.25. The number of fused-ring (bicyclic) bond motifs is 3. The van der Waals surface area contributed by atoms with Crippen LogP contribution in [-0.2, 0) is 9.53 Å². The third kappa shape index (κ3) is 2.81. The van der Waals surface area contributed by atoms with Crippen molar-refractivity contribution < 1.29 is 18.7 Å². The van der Waals surface area contributed by atoms with Gasteiger partial charge in [-0.15, -0.1) is 0 Å². The lowest BCUT2D eigenvalue weighted by molar-refractivity contribution is -0.139. The first kappa shape index (κ1) is 17.1. The minimum atomic E-state index is -0.722. The standard InChI is InChI=1S/C22H18FNO3/c1-2-26-22(25)20-19(15-9-5-6-10-16(15)23)18-14-8-4-3-7-13(14)11-12-17(18)27-21(20)24/h3-12,19H,2,24H2,1H3. The van der Waals surface area contributed by atoms with Crippen molar-refractivity contribution in [3.63, 3.8) is 0 Å². The van der Waals surface area contributed by atoms with E-state index in [2.05, 4.69) is 0 Å². The molecule has 3 aromatic rings. The summed E-state index contributed by atoms with van der Waals surface area (Å²) in [4.78, 5) is 12.7. The normalized spacial score (nSPS) is 16.0. The largest absolute Gasteiger partial charge is 0.462 e. The van der Waals surface area contributed by atoms with Crippen molar-refractivity contribution in [1.82, 2.24) is 0 Å². The van der Waals surface area contributed by atoms with Crippen LogP contribution >= 0.6 is 0 Å². The summed E-state index contributed by atoms with van der Waals surface area (Å²) in [5, 5.41) is 1.84. The van der Waals surface area contributed by atoms with E-state index in [0.29, 0.717) is 16.9 Å². The zero-order valence-corrected chi connectivity index (χ0v) is 14.7. The molecule has 4 rings (SSSR count). The van der Waals surface area contributed by atoms with Crippen molar-refractivity contribution >= 4 is 16.7 Å². The monoisotopic (exact) mass is 363 g/mol. The first-order valence-corrected chi connectivity index (χ1v) is 8.72. The van der Waals surface area contributed by atoms with Crippen LogP contribution in [0.4, 0.5) is 4.39 Å². The van der Waals surface area contributed by atoms with Crippen LogP contribution in [0.5, 0.6) is 5.75 Å². The molecule has 0 fully saturated rings. The Balaban J connectivity index is 2.05. The van der Waals surface area contributed by atoms with Crippen LogP contribution in [0.25, 0.3) is 10.8 Å². The molecule has 1 heterocycles. The third-order valence-electron chi connectivity index (χ3n) is 4.70. The average Bonchev–Trinajstić information content (AvgIpc) is 2.67. The molecule has 0 saturated carbocycles. The maximum atomic E-state index is 14.8. The smallest absolute Gasteiger partial charge is 0.340 e. The van der Waals surface area contributed by atoms with Gasteiger partial charge in [0.25, 0.3) is 0 Å². The van der Waals surface area contributed by atoms with Crippen molar-refractivity contribution in [1.29, 1.82) is 0 Å². The fourth-order valence-electron chi connectivity index (χ4n) is 3.57. The number of nitrogens with two attached hydrogens (primary N) is 1. The van der Waals surface area contributed by atoms with Gasteiger partial charge >= 0.3 is 5.97 Å². The Morgan fingerprint density at radius 2 is 1.85 bits per heavy atom. The summed E-state index contributed by atoms with van der Waals surface area (Å²) < 4.78 is 25.7. The summed E-state index contributed by atoms with van der Waals surface area (Å²) in [5.74, 6) is -1.31. The van der Waals surface area contributed by atoms with E-state index in [-0.39, 0.29) is 18.1 Å². The Hall–Kier alpha value is -3.34. The maximum absolute atomic E-state index is 14.8. The second-order valence-electron chi connectivity index (χ2n) is 6.25. The Kier molecular flexibility index (Phi) is 4.28. The van der Waals surface area contributed by atoms with E-state index in [9.17, 15) is 9.18 Å². The lowest BCUT2D eigenvalue weighted by Gasteiger charge is -2.29. The van der Waals surface area contributed by atoms with Gasteiger partial charge in [-0.25, -0.2) is 9.18 Å². The molecule has 27 heavy (non-hydrogen) atoms. The van der Waals surface area contributed by atoms with Crippen LogP contribution < -0.4 is 10.5 Å². The van der Waals surface area contributed by atoms with Gasteiger partial charge in [0.1, 0.15) is 17.1 Å². The van der Waals surface area contributed by atoms with Gasteiger partial charge in [-0.05, 0) is 29.8 Å². The number of esters is 1. The molecular formula is C22H18FNO3. The SMILES string of the molecule is CCOC(=O)C1=C(N)Oc2ccc3ccccc3c2C1c1ccccc1F. The summed E-state index contributed by atoms with van der Waals surface area (Å²) >= 11 is 0. The molecule has 136 valence electrons. The van der Waals surface area contributed by atoms with Gasteiger partial charge in [-0.1, -0.05) is 48.5 Å². The van der Waals surface area contributed by atoms with E-state index in [4.69, 9.17) is 15.2 Å². The third-order valence-corrected chi connectivity index (χ3v) is 4.70. The molecule has 0 bridgehead atoms. The number of carbonyl (C=O) groups excluding carboxylic acids is 1. The van der Waals surface area contributed by atoms with E-state index in [1.807, 2.05) is 30.3 Å². The molecule has 1 atom stereocenters. The fraction of sp³-hybridized carbons (Fsp3) is 0.136. The molecule has 0 amide bonds. The maximum Gasteiger partial charge on any atom is 0.340 e. The van der Waals surface area contributed by atoms with Gasteiger partial charge < -0.3 is 15.2 Å². The van der Waals surface area contributed by atoms with E-state index >= 15 is 0 Å². The highest BCUT2D eigenvalue weighted by Gasteiger charge is 2.37. The van der Waals surface area contributed by atoms with Crippen LogP contribution in [0.1, 0.15) is 24.0 Å². The predicted octanol–water partition coefficient (Wildman–Crippen LogP) is 4.24. The van der Waals surface area contributed by atoms with Crippen LogP contribution in [-0.4, -0.2) is 12.6 Å². The van der Waals surface area contributed by atoms with Crippen LogP contribution in [0.15, 0.2) is 72.1 Å². The summed E-state index contributed by atoms with van der Waals surface area (Å²) in [6, 6.07) is 17.8. The molecule has 5 heteroatoms. The molecule has 2 N–H and O–H groups in total. The van der Waals surface area contributed by atoms with Crippen LogP contribution in [0, 0.1) is 5.82 Å². The van der Waals surface area contributed by atoms with E-state index in [1.165, 1.54) is 6.07 Å². The number of carbonyl (C=O) groups is 1. The second kappa shape index (κ2) is 6.76. The van der Waals surface area contributed by atoms with Gasteiger partial charge in [0.2, 0.25) is 5.88 Å². The topological polar surface area (TPSA) is 61.5 Å². The minimum Gasteiger partial charge on any atom is -0.462 e. The highest BCUT2D eigenvalue weighted by Crippen LogP contribution is 2.46. The van der Waals surface area contributed by atoms with Gasteiger partial charge in [0, 0.05) is 11.1 Å². The highest BCUT2D eigenvalue weighted by atomic mass is 19.1. The summed E-state index contributed by atoms with van der Waals surface area (Å²) in [7, 11) is 0. The zero-order valence-electron chi connectivity index (χ0n) is 14.7. The number of hydrogen-bond donors (Lipinski definition) is 1. The summed E-state index contributed by atoms with van der Waals surface area (Å²) in [6.07, 6.45) is 0. The van der Waals surface area contributed by atoms with Crippen molar-refractivity contribution in [3.05, 3.63) is 89.1 Å². The number of halogens is 1. The lowest BCUT2D eigenvalue weighted by atomic mass is 9.80. The summed E-state index contributed by atoms with van der Waals surface area (Å²) in [5.41, 5.74) is 7.25. The van der Waals surface area contributed by atoms with Gasteiger partial charge in [-0.2, -0.15) is 0 Å². The van der Waals surface area contributed by atoms with Crippen molar-refractivity contribution in [2.45, 2.75) is 12.8 Å². The molecule has 1 aliphatic rings. The fourth-order valence-corrected chi connectivity index (χ4v) is 3.57. The number of ether oxygens (including phenoxy) is 2. The molecule has 4 nitrogen and oxygen atoms in total. The molecule has 0 saturated heterocycles. The van der Waals surface area contributed by atoms with Crippen molar-refractivity contribution in [3.8, 4) is 5.75 Å². The Bertz CT molecular complexity index is 1070. The quantitative estimate of drug-likeness (QED) is 0.707. The first-order valence-electron chi connectivity index (χ1n) is 8.72. The molecule has 0 aliphatic carbocycles. The van der Waals surface area contributed by atoms with Gasteiger partial charge in [0.05, 0.1) is 12.5 Å². The van der Waals surface area contributed by atoms with Crippen LogP contribution in [0.2, 0.25) is 0 Å². The summed E-state index contributed by atoms with van der Waals surface area (Å²) in [6.45, 7) is 1.89. The minimum absolute atomic E-state index is 0.0653. The Morgan fingerprint density at radius 1 is 1.11 bits per heavy atom. The Labute approximate surface area is 156 Å². The predicted molar refractivity (Wildman–Crippen MR) is 101 cm³/mol. The van der Waals surface area contributed by atoms with Crippen molar-refractivity contribution in [2.24, 2.45) is 5.73 Å². The average molecular weight is 363 g/mol. The van der Waals surface area contributed by atoms with E-state index in [0.717, 1.165) is 10.8 Å². The van der Waals surface area contributed by atoms with Gasteiger partial charge in [-0.3, -0.25) is 0 Å². The molecule has 0 aromatic heterocycles. The number of rotatable bonds is 3. The number of hydrogen-bond acceptors (Lipinski definition) is 4.